The number of aromatic nitrogens is 1. The van der Waals surface area contributed by atoms with E-state index in [2.05, 4.69) is 0 Å². The largest absolute Gasteiger partial charge is 0.349 e. The molecule has 0 N–H and O–H groups in total. The maximum Gasteiger partial charge on any atom is 0.244 e. The van der Waals surface area contributed by atoms with Crippen molar-refractivity contribution in [3.8, 4) is 0 Å². The summed E-state index contributed by atoms with van der Waals surface area (Å²) in [4.78, 5) is 0.374. The third-order valence-electron chi connectivity index (χ3n) is 3.79. The second-order valence-electron chi connectivity index (χ2n) is 5.05. The molecule has 0 saturated carbocycles. The van der Waals surface area contributed by atoms with Crippen molar-refractivity contribution in [1.29, 1.82) is 0 Å². The fourth-order valence-electron chi connectivity index (χ4n) is 2.64. The van der Waals surface area contributed by atoms with Gasteiger partial charge in [-0.15, -0.1) is 11.6 Å². The van der Waals surface area contributed by atoms with Crippen LogP contribution in [0.2, 0.25) is 0 Å². The van der Waals surface area contributed by atoms with Crippen LogP contribution in [0.15, 0.2) is 17.2 Å². The van der Waals surface area contributed by atoms with Crippen molar-refractivity contribution < 1.29 is 8.42 Å². The van der Waals surface area contributed by atoms with Crippen LogP contribution in [0.4, 0.5) is 0 Å². The zero-order valence-corrected chi connectivity index (χ0v) is 13.0. The van der Waals surface area contributed by atoms with Gasteiger partial charge in [-0.25, -0.2) is 8.42 Å². The molecule has 2 rings (SSSR count). The predicted octanol–water partition coefficient (Wildman–Crippen LogP) is 2.81. The molecule has 0 aliphatic carbocycles. The van der Waals surface area contributed by atoms with Crippen LogP contribution < -0.4 is 0 Å². The van der Waals surface area contributed by atoms with Crippen molar-refractivity contribution in [2.75, 3.05) is 6.54 Å². The number of nitrogens with zero attached hydrogens (tertiary/aromatic N) is 2. The van der Waals surface area contributed by atoms with E-state index in [0.717, 1.165) is 31.5 Å². The van der Waals surface area contributed by atoms with E-state index in [9.17, 15) is 8.42 Å². The van der Waals surface area contributed by atoms with Crippen molar-refractivity contribution in [2.45, 2.75) is 56.5 Å². The molecular weight excluding hydrogens is 284 g/mol. The Balaban J connectivity index is 2.35. The zero-order valence-electron chi connectivity index (χ0n) is 11.5. The van der Waals surface area contributed by atoms with Crippen LogP contribution in [-0.2, 0) is 22.4 Å². The summed E-state index contributed by atoms with van der Waals surface area (Å²) in [7, 11) is -3.38. The maximum absolute atomic E-state index is 12.7. The Morgan fingerprint density at radius 1 is 1.42 bits per heavy atom. The van der Waals surface area contributed by atoms with Gasteiger partial charge in [-0.05, 0) is 32.8 Å². The average Bonchev–Trinajstić information content (AvgIpc) is 2.83. The van der Waals surface area contributed by atoms with Crippen LogP contribution >= 0.6 is 11.6 Å². The first-order valence-corrected chi connectivity index (χ1v) is 8.75. The standard InChI is InChI=1S/C13H21ClN2O2S/c1-3-15-10-13(8-12(15)9-14)19(17,18)16-7-5-4-6-11(16)2/h8,10-11H,3-7,9H2,1-2H3. The summed E-state index contributed by atoms with van der Waals surface area (Å²) >= 11 is 5.86. The Morgan fingerprint density at radius 3 is 2.68 bits per heavy atom. The highest BCUT2D eigenvalue weighted by Gasteiger charge is 2.31. The number of aryl methyl sites for hydroxylation is 1. The van der Waals surface area contributed by atoms with Crippen LogP contribution in [0.1, 0.15) is 38.8 Å². The maximum atomic E-state index is 12.7. The Labute approximate surface area is 120 Å². The van der Waals surface area contributed by atoms with Crippen LogP contribution in [0.5, 0.6) is 0 Å². The van der Waals surface area contributed by atoms with Gasteiger partial charge in [0.1, 0.15) is 4.90 Å². The summed E-state index contributed by atoms with van der Waals surface area (Å²) in [6.07, 6.45) is 4.70. The molecule has 1 aliphatic rings. The molecule has 4 nitrogen and oxygen atoms in total. The van der Waals surface area contributed by atoms with Crippen molar-refractivity contribution in [1.82, 2.24) is 8.87 Å². The fraction of sp³-hybridized carbons (Fsp3) is 0.692. The summed E-state index contributed by atoms with van der Waals surface area (Å²) in [6, 6.07) is 1.79. The molecule has 2 heterocycles. The van der Waals surface area contributed by atoms with E-state index in [4.69, 9.17) is 11.6 Å². The van der Waals surface area contributed by atoms with E-state index in [-0.39, 0.29) is 6.04 Å². The Morgan fingerprint density at radius 2 is 2.16 bits per heavy atom. The first kappa shape index (κ1) is 14.9. The minimum Gasteiger partial charge on any atom is -0.349 e. The predicted molar refractivity (Wildman–Crippen MR) is 76.9 cm³/mol. The molecule has 1 atom stereocenters. The SMILES string of the molecule is CCn1cc(S(=O)(=O)N2CCCCC2C)cc1CCl. The van der Waals surface area contributed by atoms with Gasteiger partial charge in [0.25, 0.3) is 0 Å². The molecule has 108 valence electrons. The van der Waals surface area contributed by atoms with Crippen molar-refractivity contribution >= 4 is 21.6 Å². The molecule has 1 unspecified atom stereocenters. The molecule has 0 amide bonds. The number of sulfonamides is 1. The number of alkyl halides is 1. The normalized spacial score (nSPS) is 21.7. The lowest BCUT2D eigenvalue weighted by Gasteiger charge is -2.31. The first-order chi connectivity index (χ1) is 9.00. The molecule has 6 heteroatoms. The molecule has 1 aliphatic heterocycles. The van der Waals surface area contributed by atoms with Crippen molar-refractivity contribution in [3.05, 3.63) is 18.0 Å². The fourth-order valence-corrected chi connectivity index (χ4v) is 4.63. The lowest BCUT2D eigenvalue weighted by atomic mass is 10.1. The first-order valence-electron chi connectivity index (χ1n) is 6.77. The molecule has 1 aromatic rings. The summed E-state index contributed by atoms with van der Waals surface area (Å²) in [5, 5.41) is 0. The minimum absolute atomic E-state index is 0.0863. The quantitative estimate of drug-likeness (QED) is 0.803. The number of halogens is 1. The molecule has 1 fully saturated rings. The highest BCUT2D eigenvalue weighted by atomic mass is 35.5. The number of hydrogen-bond donors (Lipinski definition) is 0. The van der Waals surface area contributed by atoms with Crippen LogP contribution in [0, 0.1) is 0 Å². The third-order valence-corrected chi connectivity index (χ3v) is 6.04. The van der Waals surface area contributed by atoms with Crippen LogP contribution in [0.25, 0.3) is 0 Å². The van der Waals surface area contributed by atoms with Gasteiger partial charge in [-0.1, -0.05) is 6.42 Å². The Hall–Kier alpha value is -0.520. The average molecular weight is 305 g/mol. The molecular formula is C13H21ClN2O2S. The summed E-state index contributed by atoms with van der Waals surface area (Å²) in [6.45, 7) is 5.32. The summed E-state index contributed by atoms with van der Waals surface area (Å²) in [5.74, 6) is 0.332. The number of hydrogen-bond acceptors (Lipinski definition) is 2. The van der Waals surface area contributed by atoms with Crippen molar-refractivity contribution in [2.24, 2.45) is 0 Å². The zero-order chi connectivity index (χ0) is 14.0. The highest BCUT2D eigenvalue weighted by Crippen LogP contribution is 2.26. The summed E-state index contributed by atoms with van der Waals surface area (Å²) < 4.78 is 28.9. The third kappa shape index (κ3) is 2.83. The molecule has 0 bridgehead atoms. The Kier molecular flexibility index (Phi) is 4.58. The van der Waals surface area contributed by atoms with Crippen LogP contribution in [-0.4, -0.2) is 29.9 Å². The molecule has 0 spiro atoms. The van der Waals surface area contributed by atoms with E-state index in [1.807, 2.05) is 18.4 Å². The molecule has 0 aromatic carbocycles. The second-order valence-corrected chi connectivity index (χ2v) is 7.21. The number of rotatable bonds is 4. The van der Waals surface area contributed by atoms with Gasteiger partial charge in [-0.2, -0.15) is 4.31 Å². The number of piperidine rings is 1. The topological polar surface area (TPSA) is 42.3 Å². The monoisotopic (exact) mass is 304 g/mol. The van der Waals surface area contributed by atoms with Gasteiger partial charge in [0.2, 0.25) is 10.0 Å². The lowest BCUT2D eigenvalue weighted by molar-refractivity contribution is 0.268. The van der Waals surface area contributed by atoms with E-state index in [1.54, 1.807) is 16.6 Å². The van der Waals surface area contributed by atoms with Gasteiger partial charge in [0, 0.05) is 31.0 Å². The van der Waals surface area contributed by atoms with E-state index in [0.29, 0.717) is 17.3 Å². The summed E-state index contributed by atoms with van der Waals surface area (Å²) in [5.41, 5.74) is 0.854. The van der Waals surface area contributed by atoms with E-state index >= 15 is 0 Å². The molecule has 1 saturated heterocycles. The van der Waals surface area contributed by atoms with Crippen LogP contribution in [0.3, 0.4) is 0 Å². The molecule has 1 aromatic heterocycles. The smallest absolute Gasteiger partial charge is 0.244 e. The minimum atomic E-state index is -3.38. The van der Waals surface area contributed by atoms with Gasteiger partial charge in [-0.3, -0.25) is 0 Å². The van der Waals surface area contributed by atoms with E-state index < -0.39 is 10.0 Å². The van der Waals surface area contributed by atoms with Gasteiger partial charge < -0.3 is 4.57 Å². The Bertz CT molecular complexity index is 517. The van der Waals surface area contributed by atoms with Gasteiger partial charge in [0.15, 0.2) is 0 Å². The van der Waals surface area contributed by atoms with E-state index in [1.165, 1.54) is 0 Å². The second kappa shape index (κ2) is 5.85. The molecule has 0 radical (unpaired) electrons. The highest BCUT2D eigenvalue weighted by molar-refractivity contribution is 7.89. The van der Waals surface area contributed by atoms with Gasteiger partial charge in [0.05, 0.1) is 5.88 Å². The van der Waals surface area contributed by atoms with Gasteiger partial charge >= 0.3 is 0 Å². The molecule has 19 heavy (non-hydrogen) atoms. The lowest BCUT2D eigenvalue weighted by Crippen LogP contribution is -2.41. The van der Waals surface area contributed by atoms with Crippen molar-refractivity contribution in [3.63, 3.8) is 0 Å².